The summed E-state index contributed by atoms with van der Waals surface area (Å²) in [7, 11) is 0. The van der Waals surface area contributed by atoms with Gasteiger partial charge in [0, 0.05) is 16.2 Å². The van der Waals surface area contributed by atoms with Crippen LogP contribution in [0.1, 0.15) is 28.9 Å². The second-order valence-electron chi connectivity index (χ2n) is 3.97. The van der Waals surface area contributed by atoms with Gasteiger partial charge in [0.15, 0.2) is 0 Å². The Morgan fingerprint density at radius 3 is 2.58 bits per heavy atom. The molecule has 100 valence electrons. The van der Waals surface area contributed by atoms with E-state index in [1.165, 1.54) is 6.20 Å². The van der Waals surface area contributed by atoms with Gasteiger partial charge < -0.3 is 5.32 Å². The molecule has 0 spiro atoms. The van der Waals surface area contributed by atoms with Crippen molar-refractivity contribution in [2.75, 3.05) is 0 Å². The van der Waals surface area contributed by atoms with Gasteiger partial charge in [0.25, 0.3) is 5.91 Å². The lowest BCUT2D eigenvalue weighted by Gasteiger charge is -2.13. The van der Waals surface area contributed by atoms with Crippen molar-refractivity contribution in [1.82, 2.24) is 15.5 Å². The molecule has 0 aliphatic carbocycles. The molecule has 1 heterocycles. The van der Waals surface area contributed by atoms with Gasteiger partial charge >= 0.3 is 0 Å². The molecule has 2 N–H and O–H groups in total. The molecule has 4 nitrogen and oxygen atoms in total. The van der Waals surface area contributed by atoms with E-state index >= 15 is 0 Å². The fraction of sp³-hybridized carbons (Fsp3) is 0.167. The highest BCUT2D eigenvalue weighted by atomic mass is 79.9. The molecule has 0 bridgehead atoms. The van der Waals surface area contributed by atoms with E-state index in [2.05, 4.69) is 31.4 Å². The van der Waals surface area contributed by atoms with Crippen molar-refractivity contribution in [3.63, 3.8) is 0 Å². The second kappa shape index (κ2) is 5.48. The van der Waals surface area contributed by atoms with Gasteiger partial charge in [-0.05, 0) is 19.1 Å². The number of hydrogen-bond donors (Lipinski definition) is 2. The lowest BCUT2D eigenvalue weighted by molar-refractivity contribution is 0.0931. The zero-order valence-corrected chi connectivity index (χ0v) is 11.5. The highest BCUT2D eigenvalue weighted by molar-refractivity contribution is 9.10. The largest absolute Gasteiger partial charge is 0.345 e. The maximum atomic E-state index is 13.6. The molecule has 7 heteroatoms. The number of benzene rings is 1. The van der Waals surface area contributed by atoms with E-state index in [4.69, 9.17) is 0 Å². The standard InChI is InChI=1S/C12H10BrF2N3O/c1-6(7-4-16-17-5-7)18-12(19)11-9(14)2-8(13)3-10(11)15/h2-6H,1H3,(H,16,17)(H,18,19). The molecular formula is C12H10BrF2N3O. The first-order chi connectivity index (χ1) is 8.99. The zero-order valence-electron chi connectivity index (χ0n) is 9.88. The monoisotopic (exact) mass is 329 g/mol. The molecule has 1 aromatic carbocycles. The molecular weight excluding hydrogens is 320 g/mol. The van der Waals surface area contributed by atoms with Crippen molar-refractivity contribution in [2.45, 2.75) is 13.0 Å². The molecule has 0 saturated carbocycles. The first-order valence-corrected chi connectivity index (χ1v) is 6.22. The molecule has 19 heavy (non-hydrogen) atoms. The van der Waals surface area contributed by atoms with Crippen LogP contribution in [0.3, 0.4) is 0 Å². The van der Waals surface area contributed by atoms with Crippen LogP contribution >= 0.6 is 15.9 Å². The van der Waals surface area contributed by atoms with Crippen molar-refractivity contribution in [2.24, 2.45) is 0 Å². The number of nitrogens with zero attached hydrogens (tertiary/aromatic N) is 1. The van der Waals surface area contributed by atoms with Gasteiger partial charge in [-0.1, -0.05) is 15.9 Å². The van der Waals surface area contributed by atoms with Crippen molar-refractivity contribution in [1.29, 1.82) is 0 Å². The summed E-state index contributed by atoms with van der Waals surface area (Å²) in [6.07, 6.45) is 3.12. The van der Waals surface area contributed by atoms with Crippen LogP contribution in [0.4, 0.5) is 8.78 Å². The van der Waals surface area contributed by atoms with E-state index in [1.807, 2.05) is 0 Å². The Morgan fingerprint density at radius 2 is 2.05 bits per heavy atom. The first-order valence-electron chi connectivity index (χ1n) is 5.43. The molecule has 0 fully saturated rings. The third kappa shape index (κ3) is 2.98. The Labute approximate surface area is 116 Å². The van der Waals surface area contributed by atoms with E-state index in [9.17, 15) is 13.6 Å². The number of amides is 1. The Balaban J connectivity index is 2.21. The highest BCUT2D eigenvalue weighted by Crippen LogP contribution is 2.20. The van der Waals surface area contributed by atoms with Gasteiger partial charge in [-0.3, -0.25) is 9.89 Å². The molecule has 1 unspecified atom stereocenters. The summed E-state index contributed by atoms with van der Waals surface area (Å²) >= 11 is 2.95. The van der Waals surface area contributed by atoms with Crippen molar-refractivity contribution in [3.05, 3.63) is 51.8 Å². The fourth-order valence-corrected chi connectivity index (χ4v) is 2.01. The summed E-state index contributed by atoms with van der Waals surface area (Å²) in [6.45, 7) is 1.69. The number of nitrogens with one attached hydrogen (secondary N) is 2. The number of rotatable bonds is 3. The lowest BCUT2D eigenvalue weighted by Crippen LogP contribution is -2.28. The normalized spacial score (nSPS) is 12.2. The predicted molar refractivity (Wildman–Crippen MR) is 68.5 cm³/mol. The van der Waals surface area contributed by atoms with Gasteiger partial charge in [0.2, 0.25) is 0 Å². The average molecular weight is 330 g/mol. The van der Waals surface area contributed by atoms with Crippen LogP contribution < -0.4 is 5.32 Å². The van der Waals surface area contributed by atoms with Gasteiger partial charge in [-0.25, -0.2) is 8.78 Å². The SMILES string of the molecule is CC(NC(=O)c1c(F)cc(Br)cc1F)c1cn[nH]c1. The van der Waals surface area contributed by atoms with Crippen LogP contribution in [0.2, 0.25) is 0 Å². The first kappa shape index (κ1) is 13.7. The number of carbonyl (C=O) groups excluding carboxylic acids is 1. The number of hydrogen-bond acceptors (Lipinski definition) is 2. The summed E-state index contributed by atoms with van der Waals surface area (Å²) in [5, 5.41) is 8.84. The fourth-order valence-electron chi connectivity index (χ4n) is 1.61. The van der Waals surface area contributed by atoms with Gasteiger partial charge in [0.05, 0.1) is 12.2 Å². The number of carbonyl (C=O) groups is 1. The van der Waals surface area contributed by atoms with Crippen LogP contribution in [-0.4, -0.2) is 16.1 Å². The topological polar surface area (TPSA) is 57.8 Å². The molecule has 2 rings (SSSR count). The van der Waals surface area contributed by atoms with Crippen LogP contribution in [0.25, 0.3) is 0 Å². The predicted octanol–water partition coefficient (Wildman–Crippen LogP) is 2.94. The van der Waals surface area contributed by atoms with Crippen LogP contribution in [0.15, 0.2) is 29.0 Å². The maximum absolute atomic E-state index is 13.6. The molecule has 0 saturated heterocycles. The number of aromatic amines is 1. The van der Waals surface area contributed by atoms with E-state index in [0.29, 0.717) is 5.56 Å². The minimum absolute atomic E-state index is 0.238. The van der Waals surface area contributed by atoms with Crippen LogP contribution in [-0.2, 0) is 0 Å². The van der Waals surface area contributed by atoms with Crippen LogP contribution in [0.5, 0.6) is 0 Å². The smallest absolute Gasteiger partial charge is 0.257 e. The Morgan fingerprint density at radius 1 is 1.42 bits per heavy atom. The second-order valence-corrected chi connectivity index (χ2v) is 4.89. The number of halogens is 3. The molecule has 0 radical (unpaired) electrons. The van der Waals surface area contributed by atoms with Gasteiger partial charge in [-0.15, -0.1) is 0 Å². The molecule has 2 aromatic rings. The molecule has 0 aliphatic rings. The lowest BCUT2D eigenvalue weighted by atomic mass is 10.1. The summed E-state index contributed by atoms with van der Waals surface area (Å²) in [6, 6.07) is 1.68. The highest BCUT2D eigenvalue weighted by Gasteiger charge is 2.20. The minimum Gasteiger partial charge on any atom is -0.345 e. The summed E-state index contributed by atoms with van der Waals surface area (Å²) < 4.78 is 27.4. The molecule has 1 amide bonds. The molecule has 1 atom stereocenters. The molecule has 0 aliphatic heterocycles. The minimum atomic E-state index is -0.913. The van der Waals surface area contributed by atoms with Crippen molar-refractivity contribution >= 4 is 21.8 Å². The van der Waals surface area contributed by atoms with E-state index in [0.717, 1.165) is 12.1 Å². The summed E-state index contributed by atoms with van der Waals surface area (Å²) in [5.41, 5.74) is 0.116. The Bertz CT molecular complexity index is 578. The van der Waals surface area contributed by atoms with E-state index in [-0.39, 0.29) is 4.47 Å². The Kier molecular flexibility index (Phi) is 3.94. The van der Waals surface area contributed by atoms with E-state index in [1.54, 1.807) is 13.1 Å². The van der Waals surface area contributed by atoms with Crippen LogP contribution in [0, 0.1) is 11.6 Å². The number of aromatic nitrogens is 2. The summed E-state index contributed by atoms with van der Waals surface area (Å²) in [5.74, 6) is -2.64. The maximum Gasteiger partial charge on any atom is 0.257 e. The van der Waals surface area contributed by atoms with E-state index < -0.39 is 29.1 Å². The average Bonchev–Trinajstić information content (AvgIpc) is 2.80. The van der Waals surface area contributed by atoms with Gasteiger partial charge in [0.1, 0.15) is 17.2 Å². The number of H-pyrrole nitrogens is 1. The zero-order chi connectivity index (χ0) is 14.0. The van der Waals surface area contributed by atoms with Crippen molar-refractivity contribution in [3.8, 4) is 0 Å². The quantitative estimate of drug-likeness (QED) is 0.909. The van der Waals surface area contributed by atoms with Crippen molar-refractivity contribution < 1.29 is 13.6 Å². The molecule has 1 aromatic heterocycles. The third-order valence-corrected chi connectivity index (χ3v) is 3.06. The third-order valence-electron chi connectivity index (χ3n) is 2.60. The van der Waals surface area contributed by atoms with Gasteiger partial charge in [-0.2, -0.15) is 5.10 Å². The summed E-state index contributed by atoms with van der Waals surface area (Å²) in [4.78, 5) is 11.9. The Hall–Kier alpha value is -1.76.